The lowest BCUT2D eigenvalue weighted by Crippen LogP contribution is -2.55. The number of terminal acetylenes is 1. The van der Waals surface area contributed by atoms with Crippen LogP contribution in [0.1, 0.15) is 75.6 Å². The minimum Gasteiger partial charge on any atom is -0.442 e. The summed E-state index contributed by atoms with van der Waals surface area (Å²) in [6.45, 7) is 4.64. The van der Waals surface area contributed by atoms with Gasteiger partial charge in [0.1, 0.15) is 0 Å². The summed E-state index contributed by atoms with van der Waals surface area (Å²) in [6, 6.07) is 3.47. The second-order valence-electron chi connectivity index (χ2n) is 10.6. The maximum absolute atomic E-state index is 12.9. The molecule has 0 bridgehead atoms. The van der Waals surface area contributed by atoms with Crippen molar-refractivity contribution in [2.45, 2.75) is 70.8 Å². The van der Waals surface area contributed by atoms with E-state index in [0.29, 0.717) is 35.5 Å². The lowest BCUT2D eigenvalue weighted by atomic mass is 9.46. The van der Waals surface area contributed by atoms with Gasteiger partial charge in [0.15, 0.2) is 11.4 Å². The van der Waals surface area contributed by atoms with Gasteiger partial charge >= 0.3 is 5.97 Å². The minimum absolute atomic E-state index is 0.131. The number of hydrogen-bond acceptors (Lipinski definition) is 4. The molecule has 3 saturated carbocycles. The highest BCUT2D eigenvalue weighted by Gasteiger charge is 2.65. The van der Waals surface area contributed by atoms with Crippen LogP contribution in [0, 0.1) is 40.9 Å². The number of carbonyl (C=O) groups excluding carboxylic acids is 2. The number of ketones is 1. The van der Waals surface area contributed by atoms with Crippen molar-refractivity contribution in [2.24, 2.45) is 28.6 Å². The Kier molecular flexibility index (Phi) is 4.66. The predicted octanol–water partition coefficient (Wildman–Crippen LogP) is 5.14. The molecule has 4 aliphatic rings. The van der Waals surface area contributed by atoms with Crippen molar-refractivity contribution in [3.05, 3.63) is 41.7 Å². The second-order valence-corrected chi connectivity index (χ2v) is 10.6. The van der Waals surface area contributed by atoms with E-state index in [4.69, 9.17) is 11.2 Å². The molecule has 0 N–H and O–H groups in total. The average molecular weight is 418 g/mol. The van der Waals surface area contributed by atoms with Crippen molar-refractivity contribution in [3.8, 4) is 12.3 Å². The van der Waals surface area contributed by atoms with Gasteiger partial charge in [0, 0.05) is 24.2 Å². The molecule has 4 heteroatoms. The Morgan fingerprint density at radius 3 is 2.71 bits per heavy atom. The molecule has 0 aromatic carbocycles. The highest BCUT2D eigenvalue weighted by atomic mass is 16.6. The van der Waals surface area contributed by atoms with E-state index in [2.05, 4.69) is 24.8 Å². The zero-order chi connectivity index (χ0) is 21.9. The summed E-state index contributed by atoms with van der Waals surface area (Å²) in [7, 11) is 0. The summed E-state index contributed by atoms with van der Waals surface area (Å²) < 4.78 is 6.16. The van der Waals surface area contributed by atoms with Crippen LogP contribution < -0.4 is 0 Å². The lowest BCUT2D eigenvalue weighted by Gasteiger charge is -2.58. The molecule has 4 nitrogen and oxygen atoms in total. The van der Waals surface area contributed by atoms with Crippen LogP contribution in [0.5, 0.6) is 0 Å². The van der Waals surface area contributed by atoms with E-state index in [-0.39, 0.29) is 16.8 Å². The number of rotatable bonds is 2. The third kappa shape index (κ3) is 2.85. The van der Waals surface area contributed by atoms with Crippen molar-refractivity contribution >= 4 is 11.8 Å². The third-order valence-corrected chi connectivity index (χ3v) is 9.48. The van der Waals surface area contributed by atoms with E-state index in [9.17, 15) is 9.59 Å². The van der Waals surface area contributed by atoms with Crippen molar-refractivity contribution in [3.63, 3.8) is 0 Å². The summed E-state index contributed by atoms with van der Waals surface area (Å²) >= 11 is 0. The number of pyridine rings is 1. The quantitative estimate of drug-likeness (QED) is 0.494. The normalized spacial score (nSPS) is 41.3. The lowest BCUT2D eigenvalue weighted by molar-refractivity contribution is -0.120. The molecule has 0 saturated heterocycles. The number of nitrogens with zero attached hydrogens (tertiary/aromatic N) is 1. The van der Waals surface area contributed by atoms with Crippen LogP contribution >= 0.6 is 0 Å². The van der Waals surface area contributed by atoms with E-state index >= 15 is 0 Å². The topological polar surface area (TPSA) is 56.3 Å². The first-order valence-electron chi connectivity index (χ1n) is 11.7. The number of aromatic nitrogens is 1. The molecular weight excluding hydrogens is 386 g/mol. The van der Waals surface area contributed by atoms with E-state index in [1.165, 1.54) is 5.57 Å². The molecule has 3 fully saturated rings. The first-order valence-corrected chi connectivity index (χ1v) is 11.7. The summed E-state index contributed by atoms with van der Waals surface area (Å²) in [5.74, 6) is 4.48. The Morgan fingerprint density at radius 1 is 1.16 bits per heavy atom. The Labute approximate surface area is 184 Å². The van der Waals surface area contributed by atoms with E-state index < -0.39 is 5.60 Å². The largest absolute Gasteiger partial charge is 0.442 e. The Hall–Kier alpha value is -2.41. The summed E-state index contributed by atoms with van der Waals surface area (Å²) in [5, 5.41) is 0. The molecule has 162 valence electrons. The molecule has 1 aromatic rings. The zero-order valence-corrected chi connectivity index (χ0v) is 18.5. The Bertz CT molecular complexity index is 991. The number of ether oxygens (including phenoxy) is 1. The van der Waals surface area contributed by atoms with Crippen molar-refractivity contribution in [1.29, 1.82) is 0 Å². The molecule has 4 aliphatic carbocycles. The molecule has 5 rings (SSSR count). The molecule has 1 heterocycles. The highest BCUT2D eigenvalue weighted by Crippen LogP contribution is 2.68. The molecular formula is C27H31NO3. The molecule has 0 spiro atoms. The highest BCUT2D eigenvalue weighted by molar-refractivity contribution is 5.91. The van der Waals surface area contributed by atoms with E-state index in [1.807, 2.05) is 6.08 Å². The molecule has 0 amide bonds. The van der Waals surface area contributed by atoms with Gasteiger partial charge in [-0.3, -0.25) is 9.78 Å². The summed E-state index contributed by atoms with van der Waals surface area (Å²) in [4.78, 5) is 29.0. The van der Waals surface area contributed by atoms with Gasteiger partial charge in [0.05, 0.1) is 5.56 Å². The monoisotopic (exact) mass is 417 g/mol. The van der Waals surface area contributed by atoms with Crippen LogP contribution in [0.4, 0.5) is 0 Å². The van der Waals surface area contributed by atoms with Crippen molar-refractivity contribution in [2.75, 3.05) is 0 Å². The van der Waals surface area contributed by atoms with Crippen molar-refractivity contribution < 1.29 is 14.3 Å². The number of carbonyl (C=O) groups is 2. The molecule has 31 heavy (non-hydrogen) atoms. The number of allylic oxidation sites excluding steroid dienone is 1. The average Bonchev–Trinajstić information content (AvgIpc) is 3.07. The molecule has 0 radical (unpaired) electrons. The molecule has 1 unspecified atom stereocenters. The smallest absolute Gasteiger partial charge is 0.341 e. The van der Waals surface area contributed by atoms with E-state index in [1.54, 1.807) is 24.5 Å². The summed E-state index contributed by atoms with van der Waals surface area (Å²) in [6.07, 6.45) is 18.8. The standard InChI is InChI=1S/C27H31NO3/c1-4-27(31-24(30)18-6-5-15-28-17-18)14-11-23-21-8-7-19-16-20(29)9-12-25(19,2)22(21)10-13-26(23,27)3/h1,5-6,15-17,21-23H,7-14H2,2-3H3/t21-,22-,23+,25+,26+,27?/m1/s1. The Balaban J connectivity index is 1.44. The van der Waals surface area contributed by atoms with Crippen molar-refractivity contribution in [1.82, 2.24) is 4.98 Å². The number of esters is 1. The van der Waals surface area contributed by atoms with Gasteiger partial charge in [-0.1, -0.05) is 25.3 Å². The first kappa shape index (κ1) is 20.5. The molecule has 6 atom stereocenters. The van der Waals surface area contributed by atoms with Gasteiger partial charge in [0.2, 0.25) is 0 Å². The fraction of sp³-hybridized carbons (Fsp3) is 0.593. The van der Waals surface area contributed by atoms with E-state index in [0.717, 1.165) is 44.9 Å². The third-order valence-electron chi connectivity index (χ3n) is 9.48. The minimum atomic E-state index is -0.866. The van der Waals surface area contributed by atoms with Crippen LogP contribution in [0.3, 0.4) is 0 Å². The maximum atomic E-state index is 12.9. The van der Waals surface area contributed by atoms with Gasteiger partial charge in [-0.05, 0) is 86.3 Å². The number of hydrogen-bond donors (Lipinski definition) is 0. The fourth-order valence-electron chi connectivity index (χ4n) is 7.69. The SMILES string of the molecule is C#CC1(OC(=O)c2cccnc2)CC[C@H]2[C@@H]3CCC4=CC(=O)CC[C@]4(C)[C@@H]3CC[C@@]21C. The molecule has 1 aromatic heterocycles. The number of fused-ring (bicyclic) bond motifs is 5. The fourth-order valence-corrected chi connectivity index (χ4v) is 7.69. The van der Waals surface area contributed by atoms with Crippen LogP contribution in [-0.4, -0.2) is 22.3 Å². The Morgan fingerprint density at radius 2 is 1.97 bits per heavy atom. The van der Waals surface area contributed by atoms with Gasteiger partial charge in [-0.2, -0.15) is 0 Å². The second kappa shape index (κ2) is 7.05. The predicted molar refractivity (Wildman–Crippen MR) is 118 cm³/mol. The molecule has 0 aliphatic heterocycles. The van der Waals surface area contributed by atoms with Gasteiger partial charge < -0.3 is 4.74 Å². The zero-order valence-electron chi connectivity index (χ0n) is 18.5. The van der Waals surface area contributed by atoms with Crippen LogP contribution in [0.25, 0.3) is 0 Å². The maximum Gasteiger partial charge on any atom is 0.341 e. The van der Waals surface area contributed by atoms with Gasteiger partial charge in [-0.15, -0.1) is 6.42 Å². The van der Waals surface area contributed by atoms with Crippen LogP contribution in [-0.2, 0) is 9.53 Å². The summed E-state index contributed by atoms with van der Waals surface area (Å²) in [5.41, 5.74) is 0.867. The first-order chi connectivity index (χ1) is 14.8. The van der Waals surface area contributed by atoms with Crippen LogP contribution in [0.15, 0.2) is 36.2 Å². The van der Waals surface area contributed by atoms with Gasteiger partial charge in [0.25, 0.3) is 0 Å². The van der Waals surface area contributed by atoms with Crippen LogP contribution in [0.2, 0.25) is 0 Å². The van der Waals surface area contributed by atoms with Gasteiger partial charge in [-0.25, -0.2) is 4.79 Å².